The molecule has 7 nitrogen and oxygen atoms in total. The van der Waals surface area contributed by atoms with Crippen molar-refractivity contribution in [2.45, 2.75) is 30.7 Å². The second-order valence-corrected chi connectivity index (χ2v) is 9.65. The van der Waals surface area contributed by atoms with Gasteiger partial charge in [-0.25, -0.2) is 13.1 Å². The normalized spacial score (nSPS) is 14.8. The van der Waals surface area contributed by atoms with Gasteiger partial charge in [-0.05, 0) is 61.4 Å². The number of amides is 2. The Hall–Kier alpha value is -3.49. The molecule has 33 heavy (non-hydrogen) atoms. The average Bonchev–Trinajstić information content (AvgIpc) is 3.26. The highest BCUT2D eigenvalue weighted by molar-refractivity contribution is 7.89. The Labute approximate surface area is 193 Å². The van der Waals surface area contributed by atoms with Gasteiger partial charge in [0.05, 0.1) is 4.90 Å². The van der Waals surface area contributed by atoms with Crippen LogP contribution >= 0.6 is 0 Å². The molecule has 0 spiro atoms. The van der Waals surface area contributed by atoms with Gasteiger partial charge in [-0.3, -0.25) is 9.59 Å². The molecule has 2 N–H and O–H groups in total. The largest absolute Gasteiger partial charge is 0.322 e. The van der Waals surface area contributed by atoms with E-state index in [2.05, 4.69) is 10.0 Å². The maximum absolute atomic E-state index is 12.9. The molecule has 1 aliphatic heterocycles. The number of anilines is 2. The SMILES string of the molecule is C[C@H](NS(=O)(=O)c1cccc(C(=O)Nc2ccc(N3CCCC3=O)cc2)c1)c1ccccc1. The van der Waals surface area contributed by atoms with Crippen molar-refractivity contribution in [2.24, 2.45) is 0 Å². The van der Waals surface area contributed by atoms with Crippen LogP contribution < -0.4 is 14.9 Å². The molecule has 4 rings (SSSR count). The van der Waals surface area contributed by atoms with E-state index in [0.29, 0.717) is 18.7 Å². The molecular weight excluding hydrogens is 438 g/mol. The van der Waals surface area contributed by atoms with Crippen LogP contribution in [0.2, 0.25) is 0 Å². The highest BCUT2D eigenvalue weighted by atomic mass is 32.2. The van der Waals surface area contributed by atoms with Gasteiger partial charge in [0.25, 0.3) is 5.91 Å². The topological polar surface area (TPSA) is 95.6 Å². The monoisotopic (exact) mass is 463 g/mol. The summed E-state index contributed by atoms with van der Waals surface area (Å²) in [5.74, 6) is -0.326. The van der Waals surface area contributed by atoms with E-state index in [0.717, 1.165) is 17.7 Å². The van der Waals surface area contributed by atoms with Gasteiger partial charge in [0.1, 0.15) is 0 Å². The number of nitrogens with one attached hydrogen (secondary N) is 2. The number of hydrogen-bond acceptors (Lipinski definition) is 4. The predicted octanol–water partition coefficient (Wildman–Crippen LogP) is 4.11. The Bertz CT molecular complexity index is 1260. The van der Waals surface area contributed by atoms with Crippen molar-refractivity contribution in [3.63, 3.8) is 0 Å². The minimum absolute atomic E-state index is 0.0147. The van der Waals surface area contributed by atoms with Crippen LogP contribution in [0.25, 0.3) is 0 Å². The van der Waals surface area contributed by atoms with Gasteiger partial charge in [-0.2, -0.15) is 0 Å². The van der Waals surface area contributed by atoms with Gasteiger partial charge >= 0.3 is 0 Å². The molecule has 0 aliphatic carbocycles. The van der Waals surface area contributed by atoms with Gasteiger partial charge < -0.3 is 10.2 Å². The second kappa shape index (κ2) is 9.56. The molecule has 1 fully saturated rings. The van der Waals surface area contributed by atoms with Crippen molar-refractivity contribution in [3.8, 4) is 0 Å². The molecule has 0 unspecified atom stereocenters. The number of rotatable bonds is 7. The lowest BCUT2D eigenvalue weighted by molar-refractivity contribution is -0.117. The summed E-state index contributed by atoms with van der Waals surface area (Å²) in [5, 5.41) is 2.77. The summed E-state index contributed by atoms with van der Waals surface area (Å²) in [6.45, 7) is 2.46. The van der Waals surface area contributed by atoms with E-state index in [9.17, 15) is 18.0 Å². The van der Waals surface area contributed by atoms with Gasteiger partial charge in [-0.1, -0.05) is 36.4 Å². The first kappa shape index (κ1) is 22.7. The Morgan fingerprint density at radius 1 is 0.970 bits per heavy atom. The van der Waals surface area contributed by atoms with E-state index in [1.807, 2.05) is 30.3 Å². The number of nitrogens with zero attached hydrogens (tertiary/aromatic N) is 1. The molecule has 2 amide bonds. The fourth-order valence-corrected chi connectivity index (χ4v) is 5.04. The Kier molecular flexibility index (Phi) is 6.57. The van der Waals surface area contributed by atoms with Crippen LogP contribution in [0.3, 0.4) is 0 Å². The zero-order valence-corrected chi connectivity index (χ0v) is 19.0. The molecule has 1 heterocycles. The smallest absolute Gasteiger partial charge is 0.255 e. The first-order chi connectivity index (χ1) is 15.8. The summed E-state index contributed by atoms with van der Waals surface area (Å²) >= 11 is 0. The van der Waals surface area contributed by atoms with Crippen molar-refractivity contribution in [3.05, 3.63) is 90.0 Å². The summed E-state index contributed by atoms with van der Waals surface area (Å²) in [6, 6.07) is 21.8. The van der Waals surface area contributed by atoms with E-state index >= 15 is 0 Å². The van der Waals surface area contributed by atoms with Crippen molar-refractivity contribution in [1.82, 2.24) is 4.72 Å². The molecule has 170 valence electrons. The molecule has 8 heteroatoms. The lowest BCUT2D eigenvalue weighted by Crippen LogP contribution is -2.27. The summed E-state index contributed by atoms with van der Waals surface area (Å²) < 4.78 is 28.4. The molecule has 0 bridgehead atoms. The third-order valence-electron chi connectivity index (χ3n) is 5.55. The summed E-state index contributed by atoms with van der Waals surface area (Å²) in [7, 11) is -3.82. The van der Waals surface area contributed by atoms with Crippen molar-refractivity contribution < 1.29 is 18.0 Å². The third kappa shape index (κ3) is 5.30. The maximum atomic E-state index is 12.9. The van der Waals surface area contributed by atoms with Gasteiger partial charge in [0, 0.05) is 35.9 Å². The van der Waals surface area contributed by atoms with Crippen LogP contribution in [0.15, 0.2) is 83.8 Å². The van der Waals surface area contributed by atoms with E-state index in [1.54, 1.807) is 48.2 Å². The number of benzene rings is 3. The minimum atomic E-state index is -3.82. The van der Waals surface area contributed by atoms with E-state index < -0.39 is 22.0 Å². The van der Waals surface area contributed by atoms with E-state index in [4.69, 9.17) is 0 Å². The number of hydrogen-bond donors (Lipinski definition) is 2. The molecule has 1 atom stereocenters. The Morgan fingerprint density at radius 2 is 1.70 bits per heavy atom. The van der Waals surface area contributed by atoms with Crippen LogP contribution in [0.4, 0.5) is 11.4 Å². The fourth-order valence-electron chi connectivity index (χ4n) is 3.76. The van der Waals surface area contributed by atoms with Crippen LogP contribution in [0.5, 0.6) is 0 Å². The van der Waals surface area contributed by atoms with Gasteiger partial charge in [0.2, 0.25) is 15.9 Å². The van der Waals surface area contributed by atoms with Crippen LogP contribution in [0, 0.1) is 0 Å². The molecule has 3 aromatic rings. The first-order valence-electron chi connectivity index (χ1n) is 10.7. The molecule has 0 aromatic heterocycles. The van der Waals surface area contributed by atoms with Crippen molar-refractivity contribution >= 4 is 33.2 Å². The molecule has 1 aliphatic rings. The van der Waals surface area contributed by atoms with Crippen LogP contribution in [0.1, 0.15) is 41.7 Å². The lowest BCUT2D eigenvalue weighted by Gasteiger charge is -2.16. The zero-order chi connectivity index (χ0) is 23.4. The number of sulfonamides is 1. The second-order valence-electron chi connectivity index (χ2n) is 7.93. The molecular formula is C25H25N3O4S. The number of carbonyl (C=O) groups excluding carboxylic acids is 2. The fraction of sp³-hybridized carbons (Fsp3) is 0.200. The highest BCUT2D eigenvalue weighted by Crippen LogP contribution is 2.24. The van der Waals surface area contributed by atoms with Crippen molar-refractivity contribution in [1.29, 1.82) is 0 Å². The summed E-state index contributed by atoms with van der Waals surface area (Å²) in [4.78, 5) is 26.4. The Morgan fingerprint density at radius 3 is 2.36 bits per heavy atom. The van der Waals surface area contributed by atoms with Crippen molar-refractivity contribution in [2.75, 3.05) is 16.8 Å². The molecule has 0 radical (unpaired) electrons. The van der Waals surface area contributed by atoms with E-state index in [-0.39, 0.29) is 16.4 Å². The summed E-state index contributed by atoms with van der Waals surface area (Å²) in [6.07, 6.45) is 1.40. The highest BCUT2D eigenvalue weighted by Gasteiger charge is 2.22. The predicted molar refractivity (Wildman–Crippen MR) is 128 cm³/mol. The first-order valence-corrected chi connectivity index (χ1v) is 12.2. The third-order valence-corrected chi connectivity index (χ3v) is 7.09. The minimum Gasteiger partial charge on any atom is -0.322 e. The molecule has 1 saturated heterocycles. The number of carbonyl (C=O) groups is 2. The van der Waals surface area contributed by atoms with E-state index in [1.165, 1.54) is 12.1 Å². The average molecular weight is 464 g/mol. The molecule has 3 aromatic carbocycles. The zero-order valence-electron chi connectivity index (χ0n) is 18.2. The molecule has 0 saturated carbocycles. The van der Waals surface area contributed by atoms with Gasteiger partial charge in [0.15, 0.2) is 0 Å². The standard InChI is InChI=1S/C25H25N3O4S/c1-18(19-7-3-2-4-8-19)27-33(31,32)23-10-5-9-20(17-23)25(30)26-21-12-14-22(15-13-21)28-16-6-11-24(28)29/h2-5,7-10,12-15,17-18,27H,6,11,16H2,1H3,(H,26,30)/t18-/m0/s1. The van der Waals surface area contributed by atoms with Crippen LogP contribution in [-0.2, 0) is 14.8 Å². The van der Waals surface area contributed by atoms with Gasteiger partial charge in [-0.15, -0.1) is 0 Å². The lowest BCUT2D eigenvalue weighted by atomic mass is 10.1. The maximum Gasteiger partial charge on any atom is 0.255 e. The Balaban J connectivity index is 1.45. The quantitative estimate of drug-likeness (QED) is 0.551. The summed E-state index contributed by atoms with van der Waals surface area (Å²) in [5.41, 5.74) is 2.42. The van der Waals surface area contributed by atoms with Crippen LogP contribution in [-0.4, -0.2) is 26.8 Å².